The lowest BCUT2D eigenvalue weighted by atomic mass is 9.79. The van der Waals surface area contributed by atoms with Gasteiger partial charge in [-0.2, -0.15) is 0 Å². The first kappa shape index (κ1) is 25.7. The Labute approximate surface area is 246 Å². The molecule has 0 fully saturated rings. The van der Waals surface area contributed by atoms with E-state index in [2.05, 4.69) is 98.8 Å². The maximum atomic E-state index is 2.43. The molecule has 6 aromatic rings. The van der Waals surface area contributed by atoms with Crippen LogP contribution in [-0.2, 0) is 38.5 Å². The van der Waals surface area contributed by atoms with Crippen molar-refractivity contribution in [2.75, 3.05) is 0 Å². The highest BCUT2D eigenvalue weighted by atomic mass is 32.1. The summed E-state index contributed by atoms with van der Waals surface area (Å²) in [4.78, 5) is 2.99. The van der Waals surface area contributed by atoms with Crippen molar-refractivity contribution in [1.82, 2.24) is 0 Å². The number of hydrogen-bond donors (Lipinski definition) is 0. The number of benzene rings is 4. The molecule has 2 heteroatoms. The second-order valence-electron chi connectivity index (χ2n) is 11.3. The highest BCUT2D eigenvalue weighted by Gasteiger charge is 2.28. The molecule has 0 saturated heterocycles. The first-order chi connectivity index (χ1) is 19.7. The summed E-state index contributed by atoms with van der Waals surface area (Å²) in [5.74, 6) is 0. The van der Waals surface area contributed by atoms with Crippen LogP contribution in [0.1, 0.15) is 58.7 Å². The molecule has 4 aromatic carbocycles. The van der Waals surface area contributed by atoms with Gasteiger partial charge in [-0.15, -0.1) is 22.7 Å². The average molecular weight is 557 g/mol. The van der Waals surface area contributed by atoms with Crippen molar-refractivity contribution in [2.45, 2.75) is 65.2 Å². The number of unbranched alkanes of at least 4 members (excludes halogenated alkanes) is 1. The van der Waals surface area contributed by atoms with E-state index in [4.69, 9.17) is 0 Å². The van der Waals surface area contributed by atoms with Crippen LogP contribution >= 0.6 is 22.7 Å². The molecule has 0 aliphatic heterocycles. The Morgan fingerprint density at radius 1 is 0.475 bits per heavy atom. The smallest absolute Gasteiger partial charge is 0.0430 e. The molecule has 1 aliphatic carbocycles. The fourth-order valence-corrected chi connectivity index (χ4v) is 8.62. The van der Waals surface area contributed by atoms with Gasteiger partial charge in [-0.05, 0) is 101 Å². The fourth-order valence-electron chi connectivity index (χ4n) is 6.18. The maximum absolute atomic E-state index is 2.43. The third-order valence-corrected chi connectivity index (χ3v) is 11.1. The Balaban J connectivity index is 1.09. The molecule has 0 amide bonds. The highest BCUT2D eigenvalue weighted by molar-refractivity contribution is 7.20. The van der Waals surface area contributed by atoms with Gasteiger partial charge in [-0.1, -0.05) is 93.1 Å². The predicted octanol–water partition coefficient (Wildman–Crippen LogP) is 11.2. The monoisotopic (exact) mass is 556 g/mol. The normalized spacial score (nSPS) is 12.1. The SMILES string of the molecule is CCCCc1ccc(CCc2cc3ccc4c(c3s2)-c2ccc3cc(CCc5ccc(CC)cc5)sc3c2-4)cc1. The number of fused-ring (bicyclic) bond motifs is 8. The van der Waals surface area contributed by atoms with Gasteiger partial charge < -0.3 is 0 Å². The molecule has 0 unspecified atom stereocenters. The Hall–Kier alpha value is -3.20. The first-order valence-electron chi connectivity index (χ1n) is 15.0. The van der Waals surface area contributed by atoms with E-state index in [1.807, 2.05) is 22.7 Å². The summed E-state index contributed by atoms with van der Waals surface area (Å²) < 4.78 is 2.95. The Morgan fingerprint density at radius 3 is 1.38 bits per heavy atom. The Kier molecular flexibility index (Phi) is 7.08. The van der Waals surface area contributed by atoms with Crippen molar-refractivity contribution in [3.63, 3.8) is 0 Å². The minimum atomic E-state index is 1.11. The average Bonchev–Trinajstić information content (AvgIpc) is 3.59. The summed E-state index contributed by atoms with van der Waals surface area (Å²) in [7, 11) is 0. The number of hydrogen-bond acceptors (Lipinski definition) is 2. The molecule has 2 heterocycles. The van der Waals surface area contributed by atoms with Crippen molar-refractivity contribution in [3.05, 3.63) is 117 Å². The third-order valence-electron chi connectivity index (χ3n) is 8.61. The lowest BCUT2D eigenvalue weighted by Gasteiger charge is -2.25. The number of rotatable bonds is 10. The topological polar surface area (TPSA) is 0 Å². The Morgan fingerprint density at radius 2 is 0.925 bits per heavy atom. The minimum Gasteiger partial charge on any atom is -0.140 e. The summed E-state index contributed by atoms with van der Waals surface area (Å²) in [5, 5.41) is 2.80. The first-order valence-corrected chi connectivity index (χ1v) is 16.6. The van der Waals surface area contributed by atoms with Crippen molar-refractivity contribution < 1.29 is 0 Å². The van der Waals surface area contributed by atoms with Gasteiger partial charge in [-0.25, -0.2) is 0 Å². The second-order valence-corrected chi connectivity index (χ2v) is 13.6. The minimum absolute atomic E-state index is 1.11. The van der Waals surface area contributed by atoms with Gasteiger partial charge >= 0.3 is 0 Å². The van der Waals surface area contributed by atoms with E-state index in [-0.39, 0.29) is 0 Å². The van der Waals surface area contributed by atoms with Gasteiger partial charge in [0.2, 0.25) is 0 Å². The van der Waals surface area contributed by atoms with Gasteiger partial charge in [0.25, 0.3) is 0 Å². The number of aryl methyl sites for hydroxylation is 6. The molecule has 2 aromatic heterocycles. The summed E-state index contributed by atoms with van der Waals surface area (Å²) in [6.45, 7) is 4.48. The molecule has 7 rings (SSSR count). The van der Waals surface area contributed by atoms with E-state index in [9.17, 15) is 0 Å². The molecule has 0 radical (unpaired) electrons. The molecule has 0 bridgehead atoms. The van der Waals surface area contributed by atoms with E-state index >= 15 is 0 Å². The molecule has 0 N–H and O–H groups in total. The van der Waals surface area contributed by atoms with Crippen LogP contribution in [0.25, 0.3) is 42.4 Å². The lowest BCUT2D eigenvalue weighted by Crippen LogP contribution is -1.98. The maximum Gasteiger partial charge on any atom is 0.0430 e. The van der Waals surface area contributed by atoms with E-state index < -0.39 is 0 Å². The third kappa shape index (κ3) is 4.82. The zero-order chi connectivity index (χ0) is 27.1. The van der Waals surface area contributed by atoms with Crippen LogP contribution in [0.15, 0.2) is 84.9 Å². The van der Waals surface area contributed by atoms with Crippen LogP contribution in [0.4, 0.5) is 0 Å². The van der Waals surface area contributed by atoms with Gasteiger partial charge in [0.05, 0.1) is 0 Å². The van der Waals surface area contributed by atoms with Crippen LogP contribution in [0.2, 0.25) is 0 Å². The highest BCUT2D eigenvalue weighted by Crippen LogP contribution is 2.56. The molecule has 1 aliphatic rings. The van der Waals surface area contributed by atoms with Crippen LogP contribution in [0, 0.1) is 0 Å². The van der Waals surface area contributed by atoms with Gasteiger partial charge in [0.15, 0.2) is 0 Å². The van der Waals surface area contributed by atoms with Crippen molar-refractivity contribution in [1.29, 1.82) is 0 Å². The van der Waals surface area contributed by atoms with E-state index in [0.717, 1.165) is 32.1 Å². The summed E-state index contributed by atoms with van der Waals surface area (Å²) in [6, 6.07) is 32.8. The second kappa shape index (κ2) is 11.0. The van der Waals surface area contributed by atoms with E-state index in [1.54, 1.807) is 0 Å². The van der Waals surface area contributed by atoms with E-state index in [0.29, 0.717) is 0 Å². The van der Waals surface area contributed by atoms with Crippen LogP contribution in [-0.4, -0.2) is 0 Å². The van der Waals surface area contributed by atoms with Crippen LogP contribution in [0.3, 0.4) is 0 Å². The Bertz CT molecular complexity index is 1800. The zero-order valence-electron chi connectivity index (χ0n) is 23.6. The molecular formula is C38H36S2. The summed E-state index contributed by atoms with van der Waals surface area (Å²) >= 11 is 4.01. The van der Waals surface area contributed by atoms with Crippen molar-refractivity contribution in [2.24, 2.45) is 0 Å². The van der Waals surface area contributed by atoms with Crippen LogP contribution in [0.5, 0.6) is 0 Å². The largest absolute Gasteiger partial charge is 0.140 e. The van der Waals surface area contributed by atoms with Crippen LogP contribution < -0.4 is 0 Å². The molecule has 0 atom stereocenters. The lowest BCUT2D eigenvalue weighted by molar-refractivity contribution is 0.794. The van der Waals surface area contributed by atoms with Crippen molar-refractivity contribution in [3.8, 4) is 22.3 Å². The standard InChI is InChI=1S/C38H36S2/c1-3-5-6-26-11-13-28(14-12-26)16-20-32-24-30-18-22-34-35-33(36(34)38(30)40-32)21-17-29-23-31(39-37(29)35)19-15-27-9-7-25(4-2)8-10-27/h7-14,17-18,21-24H,3-6,15-16,19-20H2,1-2H3. The molecule has 0 saturated carbocycles. The molecular weight excluding hydrogens is 521 g/mol. The van der Waals surface area contributed by atoms with Gasteiger partial charge in [-0.3, -0.25) is 0 Å². The van der Waals surface area contributed by atoms with Gasteiger partial charge in [0, 0.05) is 30.3 Å². The quantitative estimate of drug-likeness (QED) is 0.157. The predicted molar refractivity (Wildman–Crippen MR) is 177 cm³/mol. The van der Waals surface area contributed by atoms with Crippen molar-refractivity contribution >= 4 is 42.8 Å². The number of thiophene rings is 2. The molecule has 40 heavy (non-hydrogen) atoms. The molecule has 0 spiro atoms. The van der Waals surface area contributed by atoms with E-state index in [1.165, 1.54) is 93.7 Å². The summed E-state index contributed by atoms with van der Waals surface area (Å²) in [6.07, 6.45) is 9.29. The fraction of sp³-hybridized carbons (Fsp3) is 0.263. The summed E-state index contributed by atoms with van der Waals surface area (Å²) in [5.41, 5.74) is 11.6. The van der Waals surface area contributed by atoms with Gasteiger partial charge in [0.1, 0.15) is 0 Å². The zero-order valence-corrected chi connectivity index (χ0v) is 25.2. The molecule has 0 nitrogen and oxygen atoms in total. The molecule has 200 valence electrons.